The van der Waals surface area contributed by atoms with Gasteiger partial charge in [0, 0.05) is 10.9 Å². The van der Waals surface area contributed by atoms with Crippen LogP contribution in [0, 0.1) is 0 Å². The molecule has 2 heterocycles. The quantitative estimate of drug-likeness (QED) is 0.299. The second kappa shape index (κ2) is 7.24. The molecule has 0 radical (unpaired) electrons. The minimum atomic E-state index is -0.321. The number of methoxy groups -OCH3 is 2. The van der Waals surface area contributed by atoms with Crippen molar-refractivity contribution in [2.75, 3.05) is 20.0 Å². The van der Waals surface area contributed by atoms with Gasteiger partial charge in [-0.2, -0.15) is 4.52 Å². The molecule has 4 rings (SSSR count). The van der Waals surface area contributed by atoms with Gasteiger partial charge in [-0.1, -0.05) is 23.9 Å². The normalized spacial score (nSPS) is 11.0. The summed E-state index contributed by atoms with van der Waals surface area (Å²) in [6, 6.07) is 15.3. The van der Waals surface area contributed by atoms with Crippen molar-refractivity contribution in [2.24, 2.45) is 0 Å². The largest absolute Gasteiger partial charge is 0.497 e. The summed E-state index contributed by atoms with van der Waals surface area (Å²) in [5, 5.41) is 6.10. The summed E-state index contributed by atoms with van der Waals surface area (Å²) in [6.45, 7) is 0. The number of ether oxygens (including phenoxy) is 2. The first kappa shape index (κ1) is 17.3. The van der Waals surface area contributed by atoms with Gasteiger partial charge in [0.05, 0.1) is 25.5 Å². The summed E-state index contributed by atoms with van der Waals surface area (Å²) >= 11 is 1.27. The lowest BCUT2D eigenvalue weighted by molar-refractivity contribution is -0.137. The molecule has 4 aromatic rings. The van der Waals surface area contributed by atoms with Crippen LogP contribution in [0.3, 0.4) is 0 Å². The Bertz CT molecular complexity index is 1130. The van der Waals surface area contributed by atoms with Crippen LogP contribution < -0.4 is 4.74 Å². The molecule has 0 aliphatic heterocycles. The summed E-state index contributed by atoms with van der Waals surface area (Å²) < 4.78 is 11.6. The molecule has 0 saturated carbocycles. The van der Waals surface area contributed by atoms with E-state index in [0.29, 0.717) is 16.6 Å². The van der Waals surface area contributed by atoms with E-state index in [4.69, 9.17) is 14.5 Å². The first-order valence-electron chi connectivity index (χ1n) is 8.19. The Morgan fingerprint density at radius 2 is 1.85 bits per heavy atom. The van der Waals surface area contributed by atoms with Crippen LogP contribution in [-0.4, -0.2) is 45.5 Å². The van der Waals surface area contributed by atoms with Crippen LogP contribution in [-0.2, 0) is 9.53 Å². The molecule has 0 atom stereocenters. The summed E-state index contributed by atoms with van der Waals surface area (Å²) in [5.74, 6) is 1.17. The molecule has 0 bridgehead atoms. The molecule has 0 unspecified atom stereocenters. The van der Waals surface area contributed by atoms with Gasteiger partial charge in [0.1, 0.15) is 5.75 Å². The van der Waals surface area contributed by atoms with Crippen molar-refractivity contribution in [1.29, 1.82) is 0 Å². The number of para-hydroxylation sites is 1. The number of nitrogens with zero attached hydrogens (tertiary/aromatic N) is 4. The monoisotopic (exact) mass is 380 g/mol. The molecular weight excluding hydrogens is 364 g/mol. The van der Waals surface area contributed by atoms with Crippen LogP contribution in [0.1, 0.15) is 0 Å². The van der Waals surface area contributed by atoms with Crippen LogP contribution in [0.15, 0.2) is 53.7 Å². The molecule has 136 valence electrons. The lowest BCUT2D eigenvalue weighted by atomic mass is 10.2. The van der Waals surface area contributed by atoms with Crippen LogP contribution in [0.25, 0.3) is 27.9 Å². The maximum absolute atomic E-state index is 11.5. The molecule has 0 fully saturated rings. The Balaban J connectivity index is 1.85. The first-order valence-corrected chi connectivity index (χ1v) is 9.17. The van der Waals surface area contributed by atoms with Gasteiger partial charge in [-0.15, -0.1) is 5.10 Å². The Morgan fingerprint density at radius 1 is 1.07 bits per heavy atom. The fourth-order valence-corrected chi connectivity index (χ4v) is 3.45. The second-order valence-electron chi connectivity index (χ2n) is 5.68. The lowest BCUT2D eigenvalue weighted by Gasteiger charge is -2.05. The predicted octanol–water partition coefficient (Wildman–Crippen LogP) is 3.22. The maximum Gasteiger partial charge on any atom is 0.316 e. The third-order valence-corrected chi connectivity index (χ3v) is 4.95. The zero-order valence-corrected chi connectivity index (χ0v) is 15.6. The Labute approximate surface area is 159 Å². The van der Waals surface area contributed by atoms with Crippen molar-refractivity contribution in [3.05, 3.63) is 48.5 Å². The minimum Gasteiger partial charge on any atom is -0.497 e. The fourth-order valence-electron chi connectivity index (χ4n) is 2.67. The SMILES string of the molecule is COC(=O)CSc1nc2ccccc2c2nc(-c3ccc(OC)cc3)nn12. The van der Waals surface area contributed by atoms with Gasteiger partial charge in [0.25, 0.3) is 0 Å². The van der Waals surface area contributed by atoms with Gasteiger partial charge in [0.2, 0.25) is 0 Å². The van der Waals surface area contributed by atoms with E-state index in [1.807, 2.05) is 48.5 Å². The fraction of sp³-hybridized carbons (Fsp3) is 0.158. The predicted molar refractivity (Wildman–Crippen MR) is 103 cm³/mol. The van der Waals surface area contributed by atoms with E-state index in [1.54, 1.807) is 11.6 Å². The standard InChI is InChI=1S/C19H16N4O3S/c1-25-13-9-7-12(8-10-13)17-21-18-14-5-3-4-6-15(14)20-19(23(18)22-17)27-11-16(24)26-2/h3-10H,11H2,1-2H3. The lowest BCUT2D eigenvalue weighted by Crippen LogP contribution is -2.06. The molecule has 27 heavy (non-hydrogen) atoms. The van der Waals surface area contributed by atoms with Crippen molar-refractivity contribution < 1.29 is 14.3 Å². The molecule has 0 amide bonds. The van der Waals surface area contributed by atoms with Crippen molar-refractivity contribution >= 4 is 34.3 Å². The summed E-state index contributed by atoms with van der Waals surface area (Å²) in [7, 11) is 2.99. The van der Waals surface area contributed by atoms with Gasteiger partial charge in [-0.3, -0.25) is 4.79 Å². The van der Waals surface area contributed by atoms with Crippen molar-refractivity contribution in [3.8, 4) is 17.1 Å². The number of hydrogen-bond acceptors (Lipinski definition) is 7. The van der Waals surface area contributed by atoms with E-state index in [-0.39, 0.29) is 11.7 Å². The maximum atomic E-state index is 11.5. The molecule has 0 spiro atoms. The number of hydrogen-bond donors (Lipinski definition) is 0. The van der Waals surface area contributed by atoms with Crippen molar-refractivity contribution in [3.63, 3.8) is 0 Å². The number of rotatable bonds is 5. The number of benzene rings is 2. The number of aromatic nitrogens is 4. The van der Waals surface area contributed by atoms with Crippen LogP contribution in [0.5, 0.6) is 5.75 Å². The zero-order chi connectivity index (χ0) is 18.8. The third-order valence-electron chi connectivity index (χ3n) is 4.04. The number of carbonyl (C=O) groups excluding carboxylic acids is 1. The molecule has 0 saturated heterocycles. The highest BCUT2D eigenvalue weighted by Crippen LogP contribution is 2.27. The van der Waals surface area contributed by atoms with Crippen LogP contribution >= 0.6 is 11.8 Å². The van der Waals surface area contributed by atoms with E-state index in [2.05, 4.69) is 10.1 Å². The average Bonchev–Trinajstić information content (AvgIpc) is 3.17. The number of fused-ring (bicyclic) bond motifs is 3. The molecule has 7 nitrogen and oxygen atoms in total. The van der Waals surface area contributed by atoms with E-state index >= 15 is 0 Å². The smallest absolute Gasteiger partial charge is 0.316 e. The van der Waals surface area contributed by atoms with Crippen LogP contribution in [0.4, 0.5) is 0 Å². The average molecular weight is 380 g/mol. The third kappa shape index (κ3) is 3.31. The second-order valence-corrected chi connectivity index (χ2v) is 6.62. The summed E-state index contributed by atoms with van der Waals surface area (Å²) in [4.78, 5) is 20.9. The van der Waals surface area contributed by atoms with E-state index in [0.717, 1.165) is 22.2 Å². The topological polar surface area (TPSA) is 78.6 Å². The van der Waals surface area contributed by atoms with Gasteiger partial charge in [-0.05, 0) is 36.4 Å². The van der Waals surface area contributed by atoms with E-state index in [9.17, 15) is 4.79 Å². The first-order chi connectivity index (χ1) is 13.2. The van der Waals surface area contributed by atoms with Gasteiger partial charge in [0.15, 0.2) is 16.6 Å². The Morgan fingerprint density at radius 3 is 2.59 bits per heavy atom. The Kier molecular flexibility index (Phi) is 4.64. The molecular formula is C19H16N4O3S. The van der Waals surface area contributed by atoms with Crippen molar-refractivity contribution in [1.82, 2.24) is 19.6 Å². The number of carbonyl (C=O) groups is 1. The van der Waals surface area contributed by atoms with Crippen LogP contribution in [0.2, 0.25) is 0 Å². The molecule has 8 heteroatoms. The van der Waals surface area contributed by atoms with Gasteiger partial charge < -0.3 is 9.47 Å². The molecule has 2 aromatic heterocycles. The molecule has 0 aliphatic carbocycles. The minimum absolute atomic E-state index is 0.147. The Hall–Kier alpha value is -3.13. The van der Waals surface area contributed by atoms with E-state index in [1.165, 1.54) is 18.9 Å². The molecule has 0 N–H and O–H groups in total. The zero-order valence-electron chi connectivity index (χ0n) is 14.7. The highest BCUT2D eigenvalue weighted by Gasteiger charge is 2.16. The molecule has 2 aromatic carbocycles. The van der Waals surface area contributed by atoms with Gasteiger partial charge >= 0.3 is 5.97 Å². The number of esters is 1. The summed E-state index contributed by atoms with van der Waals surface area (Å²) in [5.41, 5.74) is 2.36. The van der Waals surface area contributed by atoms with E-state index < -0.39 is 0 Å². The number of thioether (sulfide) groups is 1. The highest BCUT2D eigenvalue weighted by atomic mass is 32.2. The highest BCUT2D eigenvalue weighted by molar-refractivity contribution is 7.99. The van der Waals surface area contributed by atoms with Crippen molar-refractivity contribution in [2.45, 2.75) is 5.16 Å². The summed E-state index contributed by atoms with van der Waals surface area (Å²) in [6.07, 6.45) is 0. The van der Waals surface area contributed by atoms with Gasteiger partial charge in [-0.25, -0.2) is 9.97 Å². The molecule has 0 aliphatic rings.